The zero-order valence-corrected chi connectivity index (χ0v) is 13.5. The van der Waals surface area contributed by atoms with Crippen molar-refractivity contribution in [1.29, 1.82) is 0 Å². The summed E-state index contributed by atoms with van der Waals surface area (Å²) >= 11 is 32.0. The van der Waals surface area contributed by atoms with Crippen LogP contribution in [-0.2, 0) is 0 Å². The standard InChI is InChI=1S/C9H10Cl5NOS/c1-3-9(14)6(12)4(10)5(11)7(17-15-16)8(9,2)13/h15-16H,3H2,1-2H3. The van der Waals surface area contributed by atoms with Crippen molar-refractivity contribution in [2.24, 2.45) is 0 Å². The zero-order chi connectivity index (χ0) is 13.4. The van der Waals surface area contributed by atoms with Gasteiger partial charge in [0.15, 0.2) is 0 Å². The number of halogens is 5. The number of allylic oxidation sites excluding steroid dienone is 4. The molecule has 1 aliphatic carbocycles. The summed E-state index contributed by atoms with van der Waals surface area (Å²) in [7, 11) is 0. The van der Waals surface area contributed by atoms with Crippen LogP contribution in [-0.4, -0.2) is 15.0 Å². The molecule has 1 rings (SSSR count). The maximum atomic E-state index is 8.79. The third-order valence-electron chi connectivity index (χ3n) is 2.74. The minimum atomic E-state index is -1.07. The van der Waals surface area contributed by atoms with Crippen LogP contribution in [0.25, 0.3) is 0 Å². The lowest BCUT2D eigenvalue weighted by atomic mass is 9.85. The molecule has 0 heterocycles. The average Bonchev–Trinajstić information content (AvgIpc) is 2.30. The van der Waals surface area contributed by atoms with Crippen molar-refractivity contribution in [1.82, 2.24) is 4.89 Å². The van der Waals surface area contributed by atoms with Crippen molar-refractivity contribution in [3.8, 4) is 0 Å². The number of alkyl halides is 2. The van der Waals surface area contributed by atoms with Gasteiger partial charge < -0.3 is 5.21 Å². The summed E-state index contributed by atoms with van der Waals surface area (Å²) in [5, 5.41) is 9.35. The van der Waals surface area contributed by atoms with E-state index in [1.54, 1.807) is 6.92 Å². The average molecular weight is 358 g/mol. The van der Waals surface area contributed by atoms with E-state index < -0.39 is 9.75 Å². The van der Waals surface area contributed by atoms with Crippen LogP contribution >= 0.6 is 70.0 Å². The molecule has 0 fully saturated rings. The first-order valence-electron chi connectivity index (χ1n) is 4.64. The van der Waals surface area contributed by atoms with Gasteiger partial charge >= 0.3 is 0 Å². The van der Waals surface area contributed by atoms with Crippen LogP contribution < -0.4 is 4.89 Å². The molecule has 0 saturated carbocycles. The van der Waals surface area contributed by atoms with Crippen molar-refractivity contribution >= 4 is 70.0 Å². The van der Waals surface area contributed by atoms with Gasteiger partial charge in [-0.15, -0.1) is 28.1 Å². The van der Waals surface area contributed by atoms with Gasteiger partial charge in [-0.2, -0.15) is 0 Å². The molecule has 2 nitrogen and oxygen atoms in total. The van der Waals surface area contributed by atoms with Gasteiger partial charge in [0.25, 0.3) is 0 Å². The summed E-state index contributed by atoms with van der Waals surface area (Å²) < 4.78 is 0. The molecule has 17 heavy (non-hydrogen) atoms. The highest BCUT2D eigenvalue weighted by molar-refractivity contribution is 8.01. The predicted octanol–water partition coefficient (Wildman–Crippen LogP) is 5.15. The molecule has 8 heteroatoms. The maximum Gasteiger partial charge on any atom is 0.105 e. The molecule has 2 unspecified atom stereocenters. The fourth-order valence-electron chi connectivity index (χ4n) is 1.64. The van der Waals surface area contributed by atoms with Gasteiger partial charge in [-0.3, -0.25) is 0 Å². The van der Waals surface area contributed by atoms with Crippen molar-refractivity contribution in [3.05, 3.63) is 20.0 Å². The monoisotopic (exact) mass is 355 g/mol. The Morgan fingerprint density at radius 2 is 1.76 bits per heavy atom. The van der Waals surface area contributed by atoms with E-state index in [9.17, 15) is 0 Å². The molecule has 0 saturated heterocycles. The minimum Gasteiger partial charge on any atom is -0.306 e. The van der Waals surface area contributed by atoms with Crippen LogP contribution in [0.3, 0.4) is 0 Å². The lowest BCUT2D eigenvalue weighted by molar-refractivity contribution is 0.259. The molecular weight excluding hydrogens is 347 g/mol. The van der Waals surface area contributed by atoms with Crippen LogP contribution in [0.4, 0.5) is 0 Å². The summed E-state index contributed by atoms with van der Waals surface area (Å²) in [5.41, 5.74) is 0. The highest BCUT2D eigenvalue weighted by Crippen LogP contribution is 2.58. The van der Waals surface area contributed by atoms with E-state index in [1.807, 2.05) is 11.8 Å². The zero-order valence-electron chi connectivity index (χ0n) is 8.95. The second kappa shape index (κ2) is 5.68. The predicted molar refractivity (Wildman–Crippen MR) is 77.3 cm³/mol. The van der Waals surface area contributed by atoms with Crippen molar-refractivity contribution < 1.29 is 5.21 Å². The van der Waals surface area contributed by atoms with Crippen molar-refractivity contribution in [2.45, 2.75) is 30.0 Å². The normalized spacial score (nSPS) is 34.6. The van der Waals surface area contributed by atoms with E-state index in [1.165, 1.54) is 0 Å². The van der Waals surface area contributed by atoms with Gasteiger partial charge in [-0.25, -0.2) is 0 Å². The Kier molecular flexibility index (Phi) is 5.43. The Morgan fingerprint density at radius 3 is 2.18 bits per heavy atom. The largest absolute Gasteiger partial charge is 0.306 e. The summed E-state index contributed by atoms with van der Waals surface area (Å²) in [6, 6.07) is 0. The minimum absolute atomic E-state index is 0.154. The molecule has 0 radical (unpaired) electrons. The van der Waals surface area contributed by atoms with Gasteiger partial charge in [0, 0.05) is 4.91 Å². The summed E-state index contributed by atoms with van der Waals surface area (Å²) in [6.45, 7) is 3.52. The molecule has 0 bridgehead atoms. The first kappa shape index (κ1) is 16.3. The molecular formula is C9H10Cl5NOS. The molecule has 0 spiro atoms. The Hall–Kier alpha value is 1.20. The van der Waals surface area contributed by atoms with Gasteiger partial charge in [-0.1, -0.05) is 41.7 Å². The van der Waals surface area contributed by atoms with E-state index in [0.29, 0.717) is 11.3 Å². The van der Waals surface area contributed by atoms with Crippen LogP contribution in [0.5, 0.6) is 0 Å². The first-order valence-corrected chi connectivity index (χ1v) is 7.34. The maximum absolute atomic E-state index is 8.79. The molecule has 0 aromatic carbocycles. The Morgan fingerprint density at radius 1 is 1.24 bits per heavy atom. The fraction of sp³-hybridized carbons (Fsp3) is 0.556. The summed E-state index contributed by atoms with van der Waals surface area (Å²) in [6.07, 6.45) is 0.462. The summed E-state index contributed by atoms with van der Waals surface area (Å²) in [5.74, 6) is 0. The topological polar surface area (TPSA) is 32.3 Å². The van der Waals surface area contributed by atoms with E-state index in [4.69, 9.17) is 63.2 Å². The van der Waals surface area contributed by atoms with Crippen LogP contribution in [0, 0.1) is 0 Å². The van der Waals surface area contributed by atoms with E-state index in [2.05, 4.69) is 0 Å². The molecule has 2 N–H and O–H groups in total. The number of nitrogens with one attached hydrogen (secondary N) is 1. The molecule has 2 atom stereocenters. The van der Waals surface area contributed by atoms with Crippen molar-refractivity contribution in [3.63, 3.8) is 0 Å². The Balaban J connectivity index is 3.47. The lowest BCUT2D eigenvalue weighted by Crippen LogP contribution is -2.47. The van der Waals surface area contributed by atoms with Gasteiger partial charge in [0.05, 0.1) is 20.0 Å². The van der Waals surface area contributed by atoms with E-state index in [-0.39, 0.29) is 15.1 Å². The smallest absolute Gasteiger partial charge is 0.105 e. The van der Waals surface area contributed by atoms with E-state index in [0.717, 1.165) is 11.9 Å². The molecule has 0 aromatic rings. The van der Waals surface area contributed by atoms with Crippen molar-refractivity contribution in [2.75, 3.05) is 0 Å². The second-order valence-corrected chi connectivity index (χ2v) is 6.95. The molecule has 0 aromatic heterocycles. The lowest BCUT2D eigenvalue weighted by Gasteiger charge is -2.43. The fourth-order valence-corrected chi connectivity index (χ4v) is 4.29. The number of rotatable bonds is 3. The Labute approximate surface area is 129 Å². The quantitative estimate of drug-likeness (QED) is 0.416. The molecule has 98 valence electrons. The van der Waals surface area contributed by atoms with Crippen LogP contribution in [0.1, 0.15) is 20.3 Å². The highest BCUT2D eigenvalue weighted by atomic mass is 35.5. The number of hydrogen-bond donors (Lipinski definition) is 2. The third-order valence-corrected chi connectivity index (χ3v) is 6.87. The third kappa shape index (κ3) is 2.46. The molecule has 1 aliphatic rings. The second-order valence-electron chi connectivity index (χ2n) is 3.62. The first-order chi connectivity index (χ1) is 7.74. The van der Waals surface area contributed by atoms with Crippen LogP contribution in [0.15, 0.2) is 20.0 Å². The SMILES string of the molecule is CCC1(Cl)C(Cl)=C(Cl)C(Cl)=C(SNO)C1(C)Cl. The van der Waals surface area contributed by atoms with Gasteiger partial charge in [-0.05, 0) is 25.3 Å². The highest BCUT2D eigenvalue weighted by Gasteiger charge is 2.54. The number of hydrogen-bond acceptors (Lipinski definition) is 3. The van der Waals surface area contributed by atoms with Gasteiger partial charge in [0.1, 0.15) is 4.87 Å². The molecule has 0 aliphatic heterocycles. The van der Waals surface area contributed by atoms with E-state index >= 15 is 0 Å². The molecule has 0 amide bonds. The Bertz CT molecular complexity index is 395. The van der Waals surface area contributed by atoms with Crippen LogP contribution in [0.2, 0.25) is 0 Å². The summed E-state index contributed by atoms with van der Waals surface area (Å²) in [4.78, 5) is 0.215. The van der Waals surface area contributed by atoms with Gasteiger partial charge in [0.2, 0.25) is 0 Å².